The fourth-order valence-corrected chi connectivity index (χ4v) is 5.11. The van der Waals surface area contributed by atoms with Gasteiger partial charge in [0.25, 0.3) is 0 Å². The highest BCUT2D eigenvalue weighted by Crippen LogP contribution is 2.56. The van der Waals surface area contributed by atoms with Gasteiger partial charge in [-0.05, 0) is 60.1 Å². The van der Waals surface area contributed by atoms with Crippen molar-refractivity contribution in [2.45, 2.75) is 31.8 Å². The second kappa shape index (κ2) is 9.50. The summed E-state index contributed by atoms with van der Waals surface area (Å²) in [6, 6.07) is 17.5. The molecular formula is C26H20ClN5O3. The van der Waals surface area contributed by atoms with Gasteiger partial charge in [0.2, 0.25) is 0 Å². The summed E-state index contributed by atoms with van der Waals surface area (Å²) >= 11 is 5.90. The number of hydrogen-bond donors (Lipinski definition) is 1. The number of nitrogens with zero attached hydrogens (tertiary/aromatic N) is 4. The molecule has 2 N–H and O–H groups in total. The minimum Gasteiger partial charge on any atom is -0.482 e. The number of nitro benzene ring substituents is 1. The Hall–Kier alpha value is -4.32. The van der Waals surface area contributed by atoms with Gasteiger partial charge in [-0.3, -0.25) is 10.1 Å². The molecule has 0 saturated carbocycles. The molecule has 0 unspecified atom stereocenters. The Kier molecular flexibility index (Phi) is 6.47. The van der Waals surface area contributed by atoms with Gasteiger partial charge in [0.15, 0.2) is 11.2 Å². The summed E-state index contributed by atoms with van der Waals surface area (Å²) in [5, 5.41) is 42.5. The van der Waals surface area contributed by atoms with Gasteiger partial charge in [0, 0.05) is 17.0 Å². The van der Waals surface area contributed by atoms with Gasteiger partial charge in [-0.2, -0.15) is 15.8 Å². The lowest BCUT2D eigenvalue weighted by molar-refractivity contribution is -0.386. The van der Waals surface area contributed by atoms with Crippen molar-refractivity contribution in [1.29, 1.82) is 15.8 Å². The maximum atomic E-state index is 11.9. The summed E-state index contributed by atoms with van der Waals surface area (Å²) in [7, 11) is 0. The summed E-state index contributed by atoms with van der Waals surface area (Å²) < 4.78 is 5.73. The number of ether oxygens (including phenoxy) is 1. The van der Waals surface area contributed by atoms with Crippen LogP contribution in [0.1, 0.15) is 36.3 Å². The number of halogens is 1. The van der Waals surface area contributed by atoms with E-state index in [2.05, 4.69) is 6.07 Å². The van der Waals surface area contributed by atoms with Crippen molar-refractivity contribution in [3.8, 4) is 24.0 Å². The third kappa shape index (κ3) is 4.08. The third-order valence-corrected chi connectivity index (χ3v) is 6.90. The first kappa shape index (κ1) is 23.8. The molecule has 0 heterocycles. The van der Waals surface area contributed by atoms with Crippen LogP contribution in [0, 0.1) is 55.4 Å². The molecule has 2 aliphatic carbocycles. The van der Waals surface area contributed by atoms with E-state index in [0.29, 0.717) is 22.6 Å². The standard InChI is InChI=1S/C26H20ClN5O3/c27-18-8-5-16(6-9-18)13-35-23-10-7-17(11-22(23)32(33)34)24-20-4-2-1-3-19(20)21(12-28)25(31)26(24,14-29)15-30/h3,5-11,20,24H,1-2,4,13,31H2/t20-,24-/m1/s1. The van der Waals surface area contributed by atoms with Crippen molar-refractivity contribution in [2.75, 3.05) is 0 Å². The third-order valence-electron chi connectivity index (χ3n) is 6.65. The van der Waals surface area contributed by atoms with Crippen LogP contribution >= 0.6 is 11.6 Å². The van der Waals surface area contributed by atoms with Crippen molar-refractivity contribution >= 4 is 17.3 Å². The lowest BCUT2D eigenvalue weighted by Crippen LogP contribution is -2.42. The molecule has 0 aliphatic heterocycles. The fraction of sp³-hybridized carbons (Fsp3) is 0.269. The van der Waals surface area contributed by atoms with Crippen LogP contribution in [0.15, 0.2) is 65.4 Å². The molecule has 0 saturated heterocycles. The van der Waals surface area contributed by atoms with E-state index >= 15 is 0 Å². The molecule has 0 spiro atoms. The molecule has 0 amide bonds. The van der Waals surface area contributed by atoms with Crippen molar-refractivity contribution in [1.82, 2.24) is 0 Å². The molecule has 0 aromatic heterocycles. The van der Waals surface area contributed by atoms with Crippen molar-refractivity contribution in [2.24, 2.45) is 17.1 Å². The summed E-state index contributed by atoms with van der Waals surface area (Å²) in [6.07, 6.45) is 4.10. The first-order valence-corrected chi connectivity index (χ1v) is 11.3. The van der Waals surface area contributed by atoms with Gasteiger partial charge in [0.05, 0.1) is 28.3 Å². The molecule has 4 rings (SSSR count). The first-order valence-electron chi connectivity index (χ1n) is 10.9. The number of rotatable bonds is 5. The minimum atomic E-state index is -1.83. The van der Waals surface area contributed by atoms with E-state index in [4.69, 9.17) is 22.1 Å². The van der Waals surface area contributed by atoms with E-state index in [1.54, 1.807) is 30.3 Å². The SMILES string of the molecule is N#CC1=C(N)C(C#N)(C#N)[C@H](c2ccc(OCc3ccc(Cl)cc3)c([N+](=O)[O-])c2)[C@@H]2CCCC=C12. The lowest BCUT2D eigenvalue weighted by Gasteiger charge is -2.43. The number of benzene rings is 2. The van der Waals surface area contributed by atoms with E-state index in [1.807, 2.05) is 18.2 Å². The Labute approximate surface area is 207 Å². The zero-order valence-corrected chi connectivity index (χ0v) is 19.3. The summed E-state index contributed by atoms with van der Waals surface area (Å²) in [5.41, 5.74) is 6.13. The van der Waals surface area contributed by atoms with Gasteiger partial charge in [-0.1, -0.05) is 35.9 Å². The Morgan fingerprint density at radius 2 is 1.89 bits per heavy atom. The fourth-order valence-electron chi connectivity index (χ4n) is 4.98. The van der Waals surface area contributed by atoms with E-state index in [1.165, 1.54) is 12.1 Å². The predicted octanol–water partition coefficient (Wildman–Crippen LogP) is 5.42. The summed E-state index contributed by atoms with van der Waals surface area (Å²) in [4.78, 5) is 11.4. The van der Waals surface area contributed by atoms with Crippen LogP contribution in [0.4, 0.5) is 5.69 Å². The van der Waals surface area contributed by atoms with Crippen LogP contribution in [-0.2, 0) is 6.61 Å². The maximum absolute atomic E-state index is 11.9. The van der Waals surface area contributed by atoms with Crippen LogP contribution in [-0.4, -0.2) is 4.92 Å². The zero-order chi connectivity index (χ0) is 25.2. The van der Waals surface area contributed by atoms with Crippen molar-refractivity contribution < 1.29 is 9.66 Å². The number of nitrogens with two attached hydrogens (primary N) is 1. The highest BCUT2D eigenvalue weighted by molar-refractivity contribution is 6.30. The van der Waals surface area contributed by atoms with Crippen LogP contribution in [0.25, 0.3) is 0 Å². The Morgan fingerprint density at radius 1 is 1.17 bits per heavy atom. The topological polar surface area (TPSA) is 150 Å². The molecular weight excluding hydrogens is 466 g/mol. The monoisotopic (exact) mass is 485 g/mol. The van der Waals surface area contributed by atoms with Crippen LogP contribution < -0.4 is 10.5 Å². The lowest BCUT2D eigenvalue weighted by atomic mass is 9.56. The molecule has 2 atom stereocenters. The van der Waals surface area contributed by atoms with Gasteiger partial charge in [-0.15, -0.1) is 0 Å². The van der Waals surface area contributed by atoms with E-state index in [-0.39, 0.29) is 35.2 Å². The average Bonchev–Trinajstić information content (AvgIpc) is 2.88. The van der Waals surface area contributed by atoms with E-state index < -0.39 is 16.3 Å². The minimum absolute atomic E-state index is 0.0599. The summed E-state index contributed by atoms with van der Waals surface area (Å²) in [6.45, 7) is 0.0951. The molecule has 2 aromatic carbocycles. The van der Waals surface area contributed by atoms with E-state index in [0.717, 1.165) is 18.4 Å². The van der Waals surface area contributed by atoms with Crippen molar-refractivity contribution in [3.05, 3.63) is 91.6 Å². The Balaban J connectivity index is 1.80. The van der Waals surface area contributed by atoms with Crippen LogP contribution in [0.5, 0.6) is 5.75 Å². The smallest absolute Gasteiger partial charge is 0.311 e. The zero-order valence-electron chi connectivity index (χ0n) is 18.6. The average molecular weight is 486 g/mol. The molecule has 35 heavy (non-hydrogen) atoms. The Morgan fingerprint density at radius 3 is 2.51 bits per heavy atom. The highest BCUT2D eigenvalue weighted by atomic mass is 35.5. The molecule has 174 valence electrons. The van der Waals surface area contributed by atoms with Gasteiger partial charge >= 0.3 is 5.69 Å². The molecule has 2 aromatic rings. The first-order chi connectivity index (χ1) is 16.9. The predicted molar refractivity (Wildman–Crippen MR) is 128 cm³/mol. The largest absolute Gasteiger partial charge is 0.482 e. The quantitative estimate of drug-likeness (QED) is 0.438. The molecule has 9 heteroatoms. The molecule has 0 radical (unpaired) electrons. The van der Waals surface area contributed by atoms with Crippen LogP contribution in [0.3, 0.4) is 0 Å². The van der Waals surface area contributed by atoms with E-state index in [9.17, 15) is 25.9 Å². The maximum Gasteiger partial charge on any atom is 0.311 e. The molecule has 0 bridgehead atoms. The Bertz CT molecular complexity index is 1360. The number of hydrogen-bond acceptors (Lipinski definition) is 7. The molecule has 8 nitrogen and oxygen atoms in total. The number of allylic oxidation sites excluding steroid dienone is 4. The second-order valence-electron chi connectivity index (χ2n) is 8.51. The molecule has 0 fully saturated rings. The number of nitriles is 3. The van der Waals surface area contributed by atoms with Crippen molar-refractivity contribution in [3.63, 3.8) is 0 Å². The normalized spacial score (nSPS) is 20.5. The van der Waals surface area contributed by atoms with Gasteiger partial charge in [0.1, 0.15) is 12.7 Å². The van der Waals surface area contributed by atoms with Gasteiger partial charge < -0.3 is 10.5 Å². The highest BCUT2D eigenvalue weighted by Gasteiger charge is 2.54. The molecule has 2 aliphatic rings. The number of nitro groups is 1. The summed E-state index contributed by atoms with van der Waals surface area (Å²) in [5.74, 6) is -1.06. The second-order valence-corrected chi connectivity index (χ2v) is 8.94. The van der Waals surface area contributed by atoms with Gasteiger partial charge in [-0.25, -0.2) is 0 Å². The van der Waals surface area contributed by atoms with Crippen LogP contribution in [0.2, 0.25) is 5.02 Å². The number of fused-ring (bicyclic) bond motifs is 1.